The number of carboxylic acid groups (broad SMARTS) is 1. The Morgan fingerprint density at radius 1 is 1.12 bits per heavy atom. The second kappa shape index (κ2) is 14.1. The van der Waals surface area contributed by atoms with E-state index in [0.717, 1.165) is 10.9 Å². The number of aromatic amines is 1. The number of carbonyl (C=O) groups is 3. The van der Waals surface area contributed by atoms with E-state index >= 15 is 0 Å². The lowest BCUT2D eigenvalue weighted by molar-refractivity contribution is -0.139. The van der Waals surface area contributed by atoms with Gasteiger partial charge in [-0.2, -0.15) is 10.2 Å². The minimum absolute atomic E-state index is 0.0336. The van der Waals surface area contributed by atoms with Crippen LogP contribution in [0.25, 0.3) is 22.1 Å². The minimum Gasteiger partial charge on any atom is -0.480 e. The summed E-state index contributed by atoms with van der Waals surface area (Å²) < 4.78 is 1.84. The van der Waals surface area contributed by atoms with Gasteiger partial charge in [-0.3, -0.25) is 19.4 Å². The molecule has 2 aromatic carbocycles. The van der Waals surface area contributed by atoms with Gasteiger partial charge in [0.2, 0.25) is 5.95 Å². The summed E-state index contributed by atoms with van der Waals surface area (Å²) in [6, 6.07) is 12.2. The predicted octanol–water partition coefficient (Wildman–Crippen LogP) is 2.83. The van der Waals surface area contributed by atoms with Crippen molar-refractivity contribution in [2.45, 2.75) is 51.7 Å². The summed E-state index contributed by atoms with van der Waals surface area (Å²) in [5.41, 5.74) is 8.76. The lowest BCUT2D eigenvalue weighted by Crippen LogP contribution is -2.41. The van der Waals surface area contributed by atoms with Crippen molar-refractivity contribution >= 4 is 51.4 Å². The van der Waals surface area contributed by atoms with Crippen LogP contribution < -0.4 is 21.9 Å². The quantitative estimate of drug-likeness (QED) is 0.101. The number of nitrogens with zero attached hydrogens (tertiary/aromatic N) is 5. The largest absolute Gasteiger partial charge is 0.480 e. The van der Waals surface area contributed by atoms with Gasteiger partial charge >= 0.3 is 5.97 Å². The van der Waals surface area contributed by atoms with Crippen molar-refractivity contribution in [2.75, 3.05) is 17.7 Å². The van der Waals surface area contributed by atoms with Gasteiger partial charge in [-0.25, -0.2) is 14.8 Å². The first-order valence-corrected chi connectivity index (χ1v) is 15.1. The Balaban J connectivity index is 1.20. The second-order valence-corrected chi connectivity index (χ2v) is 11.3. The number of aliphatic hydroxyl groups is 1. The molecule has 15 nitrogen and oxygen atoms in total. The van der Waals surface area contributed by atoms with E-state index in [9.17, 15) is 34.7 Å². The number of rotatable bonds is 13. The number of aryl methyl sites for hydroxylation is 1. The fraction of sp³-hybridized carbons (Fsp3) is 0.273. The van der Waals surface area contributed by atoms with E-state index in [1.54, 1.807) is 37.3 Å². The molecule has 0 saturated carbocycles. The van der Waals surface area contributed by atoms with E-state index in [-0.39, 0.29) is 60.5 Å². The number of anilines is 2. The molecular formula is C33H33N9O6. The summed E-state index contributed by atoms with van der Waals surface area (Å²) in [4.78, 5) is 64.9. The number of carbonyl (C=O) groups excluding carboxylic acids is 2. The van der Waals surface area contributed by atoms with Gasteiger partial charge < -0.3 is 31.1 Å². The molecule has 0 radical (unpaired) electrons. The lowest BCUT2D eigenvalue weighted by atomic mass is 9.97. The zero-order valence-electron chi connectivity index (χ0n) is 26.1. The number of aliphatic carboxylic acids is 1. The van der Waals surface area contributed by atoms with Crippen LogP contribution in [0.15, 0.2) is 53.5 Å². The molecule has 7 N–H and O–H groups in total. The van der Waals surface area contributed by atoms with Crippen LogP contribution in [0.1, 0.15) is 69.9 Å². The van der Waals surface area contributed by atoms with Gasteiger partial charge in [0.25, 0.3) is 11.5 Å². The normalized spacial score (nSPS) is 12.4. The average molecular weight is 652 g/mol. The number of benzene rings is 2. The number of H-pyrrole nitrogens is 1. The molecule has 1 amide bonds. The smallest absolute Gasteiger partial charge is 0.326 e. The second-order valence-electron chi connectivity index (χ2n) is 11.3. The third-order valence-electron chi connectivity index (χ3n) is 8.06. The number of Topliss-reactive ketones (excluding diaryl/α,β-unsaturated/α-hetero) is 1. The molecule has 0 bridgehead atoms. The maximum atomic E-state index is 13.2. The van der Waals surface area contributed by atoms with Crippen molar-refractivity contribution in [2.24, 2.45) is 0 Å². The number of hydrogen-bond acceptors (Lipinski definition) is 11. The van der Waals surface area contributed by atoms with E-state index < -0.39 is 23.5 Å². The summed E-state index contributed by atoms with van der Waals surface area (Å²) in [6.07, 6.45) is 1.66. The molecule has 1 unspecified atom stereocenters. The molecule has 3 heterocycles. The number of aromatic nitrogens is 5. The summed E-state index contributed by atoms with van der Waals surface area (Å²) in [5.74, 6) is -2.24. The maximum absolute atomic E-state index is 13.2. The molecule has 48 heavy (non-hydrogen) atoms. The van der Waals surface area contributed by atoms with Crippen molar-refractivity contribution < 1.29 is 24.6 Å². The SMILES string of the molecule is Cc1c(C(=O)CC[C@H](NC(=O)c2ccc(NCc3cnc4nc(N)[nH]c(=O)c4n3)cc2)C(=O)O)ccc2c1cc(C#N)n2C(C)CCO. The van der Waals surface area contributed by atoms with Gasteiger partial charge in [0.15, 0.2) is 16.9 Å². The number of nitriles is 1. The van der Waals surface area contributed by atoms with Gasteiger partial charge in [-0.1, -0.05) is 0 Å². The zero-order valence-corrected chi connectivity index (χ0v) is 26.1. The number of amides is 1. The van der Waals surface area contributed by atoms with Crippen molar-refractivity contribution in [3.63, 3.8) is 0 Å². The third kappa shape index (κ3) is 6.98. The Morgan fingerprint density at radius 3 is 2.56 bits per heavy atom. The molecular weight excluding hydrogens is 618 g/mol. The summed E-state index contributed by atoms with van der Waals surface area (Å²) >= 11 is 0. The van der Waals surface area contributed by atoms with Gasteiger partial charge in [0.1, 0.15) is 17.8 Å². The Labute approximate surface area is 273 Å². The van der Waals surface area contributed by atoms with Crippen molar-refractivity contribution in [3.8, 4) is 6.07 Å². The van der Waals surface area contributed by atoms with E-state index in [0.29, 0.717) is 34.6 Å². The number of nitrogens with one attached hydrogen (secondary N) is 3. The molecule has 3 aromatic heterocycles. The molecule has 5 rings (SSSR count). The van der Waals surface area contributed by atoms with E-state index in [4.69, 9.17) is 5.73 Å². The number of nitrogens with two attached hydrogens (primary N) is 1. The van der Waals surface area contributed by atoms with Crippen molar-refractivity contribution in [1.29, 1.82) is 5.26 Å². The van der Waals surface area contributed by atoms with Gasteiger partial charge in [-0.15, -0.1) is 0 Å². The van der Waals surface area contributed by atoms with Crippen LogP contribution in [0.4, 0.5) is 11.6 Å². The van der Waals surface area contributed by atoms with Crippen LogP contribution in [0.5, 0.6) is 0 Å². The lowest BCUT2D eigenvalue weighted by Gasteiger charge is -2.17. The first kappa shape index (κ1) is 33.2. The van der Waals surface area contributed by atoms with E-state index in [2.05, 4.69) is 36.6 Å². The molecule has 0 fully saturated rings. The highest BCUT2D eigenvalue weighted by Crippen LogP contribution is 2.30. The molecule has 246 valence electrons. The van der Waals surface area contributed by atoms with Gasteiger partial charge in [-0.05, 0) is 74.7 Å². The summed E-state index contributed by atoms with van der Waals surface area (Å²) in [5, 5.41) is 35.2. The fourth-order valence-corrected chi connectivity index (χ4v) is 5.52. The molecule has 2 atom stereocenters. The van der Waals surface area contributed by atoms with Gasteiger partial charge in [0, 0.05) is 46.8 Å². The minimum atomic E-state index is -1.31. The van der Waals surface area contributed by atoms with Crippen LogP contribution in [0.3, 0.4) is 0 Å². The molecule has 0 aliphatic heterocycles. The third-order valence-corrected chi connectivity index (χ3v) is 8.06. The van der Waals surface area contributed by atoms with Crippen LogP contribution in [0, 0.1) is 18.3 Å². The van der Waals surface area contributed by atoms with E-state index in [1.807, 2.05) is 11.5 Å². The Bertz CT molecular complexity index is 2130. The Morgan fingerprint density at radius 2 is 1.88 bits per heavy atom. The highest BCUT2D eigenvalue weighted by atomic mass is 16.4. The topological polar surface area (TPSA) is 242 Å². The maximum Gasteiger partial charge on any atom is 0.326 e. The van der Waals surface area contributed by atoms with Crippen LogP contribution in [-0.4, -0.2) is 65.0 Å². The van der Waals surface area contributed by atoms with E-state index in [1.165, 1.54) is 18.3 Å². The van der Waals surface area contributed by atoms with Crippen LogP contribution in [-0.2, 0) is 11.3 Å². The number of ketones is 1. The zero-order chi connectivity index (χ0) is 34.5. The summed E-state index contributed by atoms with van der Waals surface area (Å²) in [7, 11) is 0. The molecule has 0 aliphatic carbocycles. The number of fused-ring (bicyclic) bond motifs is 2. The highest BCUT2D eigenvalue weighted by Gasteiger charge is 2.24. The van der Waals surface area contributed by atoms with Crippen molar-refractivity contribution in [3.05, 3.63) is 87.1 Å². The van der Waals surface area contributed by atoms with Crippen molar-refractivity contribution in [1.82, 2.24) is 29.8 Å². The predicted molar refractivity (Wildman–Crippen MR) is 176 cm³/mol. The standard InChI is InChI=1S/C33H33N9O6/c1-17(11-12-43)42-22(14-34)13-24-18(2)23(7-9-26(24)42)27(44)10-8-25(32(47)48)39-30(45)19-3-5-20(6-4-19)36-15-21-16-37-29-28(38-21)31(46)41-33(35)40-29/h3-7,9,13,16-17,25,36,43H,8,10-12,15H2,1-2H3,(H,39,45)(H,47,48)(H3,35,37,40,41,46)/t17?,25-/m0/s1. The first-order valence-electron chi connectivity index (χ1n) is 15.1. The van der Waals surface area contributed by atoms with Gasteiger partial charge in [0.05, 0.1) is 18.4 Å². The average Bonchev–Trinajstić information content (AvgIpc) is 3.46. The Hall–Kier alpha value is -6.14. The number of aliphatic hydroxyl groups excluding tert-OH is 1. The Kier molecular flexibility index (Phi) is 9.76. The number of nitrogen functional groups attached to an aromatic ring is 1. The number of hydrogen-bond donors (Lipinski definition) is 6. The number of carboxylic acids is 1. The molecule has 0 saturated heterocycles. The first-order chi connectivity index (χ1) is 23.0. The molecule has 15 heteroatoms. The monoisotopic (exact) mass is 651 g/mol. The highest BCUT2D eigenvalue weighted by molar-refractivity contribution is 6.03. The molecule has 5 aromatic rings. The van der Waals surface area contributed by atoms with Crippen LogP contribution in [0.2, 0.25) is 0 Å². The summed E-state index contributed by atoms with van der Waals surface area (Å²) in [6.45, 7) is 3.86. The van der Waals surface area contributed by atoms with Crippen LogP contribution >= 0.6 is 0 Å². The fourth-order valence-electron chi connectivity index (χ4n) is 5.52. The molecule has 0 aliphatic rings. The molecule has 0 spiro atoms.